The minimum Gasteiger partial charge on any atom is -0.353 e. The molecule has 3 N–H and O–H groups in total. The number of carbonyl (C=O) groups excluding carboxylic acids is 2. The van der Waals surface area contributed by atoms with Crippen LogP contribution in [0.1, 0.15) is 48.9 Å². The van der Waals surface area contributed by atoms with Gasteiger partial charge in [0.15, 0.2) is 0 Å². The van der Waals surface area contributed by atoms with Gasteiger partial charge < -0.3 is 5.32 Å². The molecule has 1 heterocycles. The Bertz CT molecular complexity index is 458. The molecule has 1 aromatic rings. The van der Waals surface area contributed by atoms with E-state index in [0.717, 1.165) is 12.8 Å². The standard InChI is InChI=1S/C15H22N4O2/c20-14(18-13-4-2-1-3-5-13)8-11-17-19-15(21)12-6-9-16-10-7-12/h6-7,9-10,13,17H,1-5,8,11H2,(H,18,20)(H,19,21). The number of pyridine rings is 1. The molecular weight excluding hydrogens is 268 g/mol. The largest absolute Gasteiger partial charge is 0.353 e. The molecule has 21 heavy (non-hydrogen) atoms. The summed E-state index contributed by atoms with van der Waals surface area (Å²) in [4.78, 5) is 27.3. The predicted molar refractivity (Wildman–Crippen MR) is 79.3 cm³/mol. The number of rotatable bonds is 6. The molecule has 6 heteroatoms. The first-order chi connectivity index (χ1) is 10.3. The van der Waals surface area contributed by atoms with Gasteiger partial charge in [-0.1, -0.05) is 19.3 Å². The number of amides is 2. The number of carbonyl (C=O) groups is 2. The van der Waals surface area contributed by atoms with Crippen molar-refractivity contribution in [2.45, 2.75) is 44.6 Å². The third kappa shape index (κ3) is 5.51. The van der Waals surface area contributed by atoms with Crippen molar-refractivity contribution < 1.29 is 9.59 Å². The highest BCUT2D eigenvalue weighted by Crippen LogP contribution is 2.17. The Morgan fingerprint density at radius 1 is 1.14 bits per heavy atom. The lowest BCUT2D eigenvalue weighted by Gasteiger charge is -2.22. The first-order valence-electron chi connectivity index (χ1n) is 7.48. The molecule has 114 valence electrons. The molecule has 0 bridgehead atoms. The zero-order valence-corrected chi connectivity index (χ0v) is 12.1. The van der Waals surface area contributed by atoms with Gasteiger partial charge in [-0.15, -0.1) is 0 Å². The number of hydrogen-bond acceptors (Lipinski definition) is 4. The third-order valence-corrected chi connectivity index (χ3v) is 3.59. The van der Waals surface area contributed by atoms with Crippen LogP contribution in [0.5, 0.6) is 0 Å². The van der Waals surface area contributed by atoms with Gasteiger partial charge in [-0.25, -0.2) is 5.43 Å². The molecule has 0 unspecified atom stereocenters. The summed E-state index contributed by atoms with van der Waals surface area (Å²) >= 11 is 0. The third-order valence-electron chi connectivity index (χ3n) is 3.59. The van der Waals surface area contributed by atoms with Gasteiger partial charge >= 0.3 is 0 Å². The van der Waals surface area contributed by atoms with Crippen LogP contribution in [-0.4, -0.2) is 29.4 Å². The highest BCUT2D eigenvalue weighted by molar-refractivity contribution is 5.93. The maximum Gasteiger partial charge on any atom is 0.265 e. The molecule has 0 aromatic carbocycles. The van der Waals surface area contributed by atoms with Crippen molar-refractivity contribution >= 4 is 11.8 Å². The normalized spacial score (nSPS) is 15.4. The topological polar surface area (TPSA) is 83.1 Å². The van der Waals surface area contributed by atoms with Crippen molar-refractivity contribution in [1.82, 2.24) is 21.2 Å². The van der Waals surface area contributed by atoms with Crippen LogP contribution < -0.4 is 16.2 Å². The molecule has 2 rings (SSSR count). The van der Waals surface area contributed by atoms with Crippen molar-refractivity contribution in [3.05, 3.63) is 30.1 Å². The summed E-state index contributed by atoms with van der Waals surface area (Å²) in [5.41, 5.74) is 5.86. The van der Waals surface area contributed by atoms with E-state index in [1.54, 1.807) is 24.5 Å². The van der Waals surface area contributed by atoms with E-state index in [1.807, 2.05) is 0 Å². The number of nitrogens with zero attached hydrogens (tertiary/aromatic N) is 1. The number of nitrogens with one attached hydrogen (secondary N) is 3. The monoisotopic (exact) mass is 290 g/mol. The molecule has 0 saturated heterocycles. The van der Waals surface area contributed by atoms with Gasteiger partial charge in [0.05, 0.1) is 0 Å². The van der Waals surface area contributed by atoms with Crippen LogP contribution in [-0.2, 0) is 4.79 Å². The average molecular weight is 290 g/mol. The minimum absolute atomic E-state index is 0.0348. The molecule has 0 atom stereocenters. The lowest BCUT2D eigenvalue weighted by atomic mass is 9.95. The van der Waals surface area contributed by atoms with Crippen molar-refractivity contribution in [1.29, 1.82) is 0 Å². The first kappa shape index (κ1) is 15.4. The Morgan fingerprint density at radius 2 is 1.86 bits per heavy atom. The summed E-state index contributed by atoms with van der Waals surface area (Å²) in [6.45, 7) is 0.412. The highest BCUT2D eigenvalue weighted by Gasteiger charge is 2.15. The average Bonchev–Trinajstić information content (AvgIpc) is 2.53. The Kier molecular flexibility index (Phi) is 6.15. The minimum atomic E-state index is -0.231. The molecule has 1 aliphatic rings. The zero-order chi connectivity index (χ0) is 14.9. The van der Waals surface area contributed by atoms with E-state index in [0.29, 0.717) is 24.6 Å². The Morgan fingerprint density at radius 3 is 2.57 bits per heavy atom. The van der Waals surface area contributed by atoms with E-state index in [2.05, 4.69) is 21.2 Å². The Labute approximate surface area is 124 Å². The fourth-order valence-electron chi connectivity index (χ4n) is 2.44. The number of aromatic nitrogens is 1. The first-order valence-corrected chi connectivity index (χ1v) is 7.48. The smallest absolute Gasteiger partial charge is 0.265 e. The van der Waals surface area contributed by atoms with E-state index in [1.165, 1.54) is 19.3 Å². The van der Waals surface area contributed by atoms with Crippen LogP contribution in [0.2, 0.25) is 0 Å². The van der Waals surface area contributed by atoms with E-state index in [-0.39, 0.29) is 11.8 Å². The van der Waals surface area contributed by atoms with Gasteiger partial charge in [-0.05, 0) is 25.0 Å². The van der Waals surface area contributed by atoms with Crippen molar-refractivity contribution in [2.75, 3.05) is 6.54 Å². The van der Waals surface area contributed by atoms with E-state index in [9.17, 15) is 9.59 Å². The second-order valence-electron chi connectivity index (χ2n) is 5.27. The van der Waals surface area contributed by atoms with Crippen molar-refractivity contribution in [3.8, 4) is 0 Å². The maximum absolute atomic E-state index is 11.8. The number of hydrogen-bond donors (Lipinski definition) is 3. The van der Waals surface area contributed by atoms with E-state index >= 15 is 0 Å². The fraction of sp³-hybridized carbons (Fsp3) is 0.533. The second kappa shape index (κ2) is 8.36. The Balaban J connectivity index is 1.58. The summed E-state index contributed by atoms with van der Waals surface area (Å²) in [5, 5.41) is 3.04. The summed E-state index contributed by atoms with van der Waals surface area (Å²) in [5.74, 6) is -0.197. The van der Waals surface area contributed by atoms with E-state index < -0.39 is 0 Å². The number of hydrazine groups is 1. The van der Waals surface area contributed by atoms with Crippen LogP contribution in [0, 0.1) is 0 Å². The molecule has 1 aromatic heterocycles. The summed E-state index contributed by atoms with van der Waals surface area (Å²) < 4.78 is 0. The molecular formula is C15H22N4O2. The highest BCUT2D eigenvalue weighted by atomic mass is 16.2. The van der Waals surface area contributed by atoms with Crippen molar-refractivity contribution in [3.63, 3.8) is 0 Å². The van der Waals surface area contributed by atoms with Crippen LogP contribution in [0.25, 0.3) is 0 Å². The van der Waals surface area contributed by atoms with E-state index in [4.69, 9.17) is 0 Å². The zero-order valence-electron chi connectivity index (χ0n) is 12.1. The van der Waals surface area contributed by atoms with Crippen LogP contribution in [0.3, 0.4) is 0 Å². The molecule has 1 fully saturated rings. The van der Waals surface area contributed by atoms with Crippen LogP contribution in [0.4, 0.5) is 0 Å². The fourth-order valence-corrected chi connectivity index (χ4v) is 2.44. The van der Waals surface area contributed by atoms with Gasteiger partial charge in [-0.2, -0.15) is 0 Å². The summed E-state index contributed by atoms with van der Waals surface area (Å²) in [6, 6.07) is 3.59. The lowest BCUT2D eigenvalue weighted by molar-refractivity contribution is -0.121. The van der Waals surface area contributed by atoms with Gasteiger partial charge in [0, 0.05) is 37.0 Å². The second-order valence-corrected chi connectivity index (χ2v) is 5.27. The lowest BCUT2D eigenvalue weighted by Crippen LogP contribution is -2.41. The molecule has 2 amide bonds. The molecule has 0 aliphatic heterocycles. The van der Waals surface area contributed by atoms with Gasteiger partial charge in [0.1, 0.15) is 0 Å². The van der Waals surface area contributed by atoms with Gasteiger partial charge in [0.25, 0.3) is 5.91 Å². The molecule has 1 saturated carbocycles. The Hall–Kier alpha value is -1.95. The van der Waals surface area contributed by atoms with Crippen molar-refractivity contribution in [2.24, 2.45) is 0 Å². The quantitative estimate of drug-likeness (QED) is 0.542. The predicted octanol–water partition coefficient (Wildman–Crippen LogP) is 1.15. The maximum atomic E-state index is 11.8. The summed E-state index contributed by atoms with van der Waals surface area (Å²) in [6.07, 6.45) is 9.31. The molecule has 0 radical (unpaired) electrons. The van der Waals surface area contributed by atoms with Crippen LogP contribution in [0.15, 0.2) is 24.5 Å². The summed E-state index contributed by atoms with van der Waals surface area (Å²) in [7, 11) is 0. The van der Waals surface area contributed by atoms with Gasteiger partial charge in [-0.3, -0.25) is 20.0 Å². The molecule has 6 nitrogen and oxygen atoms in total. The molecule has 1 aliphatic carbocycles. The molecule has 0 spiro atoms. The SMILES string of the molecule is O=C(CCNNC(=O)c1ccncc1)NC1CCCCC1. The van der Waals surface area contributed by atoms with Gasteiger partial charge in [0.2, 0.25) is 5.91 Å². The van der Waals surface area contributed by atoms with Crippen LogP contribution >= 0.6 is 0 Å².